The second-order valence-corrected chi connectivity index (χ2v) is 7.74. The summed E-state index contributed by atoms with van der Waals surface area (Å²) in [6.45, 7) is 7.85. The van der Waals surface area contributed by atoms with E-state index in [0.717, 1.165) is 11.3 Å². The zero-order chi connectivity index (χ0) is 20.1. The van der Waals surface area contributed by atoms with Crippen molar-refractivity contribution < 1.29 is 14.3 Å². The Bertz CT molecular complexity index is 802. The fraction of sp³-hybridized carbons (Fsp3) is 0.444. The van der Waals surface area contributed by atoms with Gasteiger partial charge in [0.05, 0.1) is 12.4 Å². The molecular formula is C18H25N5O3S. The molecule has 9 heteroatoms. The van der Waals surface area contributed by atoms with Gasteiger partial charge in [-0.25, -0.2) is 4.79 Å². The highest BCUT2D eigenvalue weighted by molar-refractivity contribution is 8.00. The molecule has 3 amide bonds. The summed E-state index contributed by atoms with van der Waals surface area (Å²) >= 11 is 1.27. The van der Waals surface area contributed by atoms with Crippen LogP contribution in [-0.2, 0) is 4.79 Å². The van der Waals surface area contributed by atoms with Crippen molar-refractivity contribution >= 4 is 23.7 Å². The van der Waals surface area contributed by atoms with E-state index < -0.39 is 17.2 Å². The molecule has 27 heavy (non-hydrogen) atoms. The molecule has 1 heterocycles. The molecule has 1 aromatic carbocycles. The molecule has 1 atom stereocenters. The van der Waals surface area contributed by atoms with Gasteiger partial charge in [-0.05, 0) is 44.0 Å². The van der Waals surface area contributed by atoms with E-state index in [9.17, 15) is 9.59 Å². The molecule has 0 aliphatic heterocycles. The molecule has 0 fully saturated rings. The lowest BCUT2D eigenvalue weighted by Crippen LogP contribution is -2.42. The number of carbonyl (C=O) groups is 2. The fourth-order valence-electron chi connectivity index (χ4n) is 2.56. The molecule has 1 aromatic heterocycles. The average molecular weight is 391 g/mol. The normalized spacial score (nSPS) is 12.3. The highest BCUT2D eigenvalue weighted by Crippen LogP contribution is 2.33. The monoisotopic (exact) mass is 391 g/mol. The number of imide groups is 1. The van der Waals surface area contributed by atoms with E-state index in [1.54, 1.807) is 7.11 Å². The van der Waals surface area contributed by atoms with Crippen LogP contribution < -0.4 is 15.8 Å². The molecule has 0 saturated heterocycles. The molecule has 0 radical (unpaired) electrons. The Balaban J connectivity index is 2.37. The first-order valence-corrected chi connectivity index (χ1v) is 9.48. The molecule has 0 spiro atoms. The lowest BCUT2D eigenvalue weighted by Gasteiger charge is -2.20. The Labute approximate surface area is 162 Å². The van der Waals surface area contributed by atoms with Gasteiger partial charge in [0.2, 0.25) is 5.91 Å². The van der Waals surface area contributed by atoms with Gasteiger partial charge in [0, 0.05) is 11.6 Å². The van der Waals surface area contributed by atoms with Crippen molar-refractivity contribution in [3.05, 3.63) is 24.3 Å². The number of ether oxygens (including phenoxy) is 1. The zero-order valence-electron chi connectivity index (χ0n) is 16.1. The van der Waals surface area contributed by atoms with Crippen molar-refractivity contribution in [2.24, 2.45) is 11.7 Å². The van der Waals surface area contributed by atoms with Gasteiger partial charge in [0.15, 0.2) is 11.0 Å². The largest absolute Gasteiger partial charge is 0.497 e. The molecule has 0 saturated carbocycles. The summed E-state index contributed by atoms with van der Waals surface area (Å²) in [5.74, 6) is 0.989. The average Bonchev–Trinajstić information content (AvgIpc) is 3.02. The first-order chi connectivity index (χ1) is 12.7. The van der Waals surface area contributed by atoms with Crippen molar-refractivity contribution in [2.45, 2.75) is 44.1 Å². The third-order valence-corrected chi connectivity index (χ3v) is 5.37. The summed E-state index contributed by atoms with van der Waals surface area (Å²) in [5, 5.41) is 10.8. The van der Waals surface area contributed by atoms with Crippen molar-refractivity contribution in [3.63, 3.8) is 0 Å². The van der Waals surface area contributed by atoms with Gasteiger partial charge in [-0.2, -0.15) is 0 Å². The number of benzene rings is 1. The van der Waals surface area contributed by atoms with Gasteiger partial charge in [-0.3, -0.25) is 14.7 Å². The molecule has 0 unspecified atom stereocenters. The number of hydrogen-bond donors (Lipinski definition) is 2. The number of primary amides is 1. The molecule has 0 bridgehead atoms. The summed E-state index contributed by atoms with van der Waals surface area (Å²) in [7, 11) is 1.61. The number of methoxy groups -OCH3 is 1. The first-order valence-electron chi connectivity index (χ1n) is 8.60. The maximum Gasteiger partial charge on any atom is 0.318 e. The Morgan fingerprint density at radius 1 is 1.15 bits per heavy atom. The molecule has 2 aromatic rings. The lowest BCUT2D eigenvalue weighted by atomic mass is 10.1. The summed E-state index contributed by atoms with van der Waals surface area (Å²) < 4.78 is 7.17. The van der Waals surface area contributed by atoms with Crippen molar-refractivity contribution in [1.29, 1.82) is 0 Å². The SMILES string of the molecule is COc1ccc(-c2nnc(S[C@H](C(=O)NC(N)=O)C(C)C)n2C(C)C)cc1. The van der Waals surface area contributed by atoms with Crippen LogP contribution >= 0.6 is 11.8 Å². The van der Waals surface area contributed by atoms with Crippen LogP contribution in [0.4, 0.5) is 4.79 Å². The predicted octanol–water partition coefficient (Wildman–Crippen LogP) is 2.85. The van der Waals surface area contributed by atoms with Crippen molar-refractivity contribution in [2.75, 3.05) is 7.11 Å². The van der Waals surface area contributed by atoms with Crippen LogP contribution in [0.5, 0.6) is 5.75 Å². The van der Waals surface area contributed by atoms with E-state index in [1.165, 1.54) is 11.8 Å². The van der Waals surface area contributed by atoms with Crippen LogP contribution in [0.3, 0.4) is 0 Å². The van der Waals surface area contributed by atoms with Crippen LogP contribution in [-0.4, -0.2) is 39.1 Å². The van der Waals surface area contributed by atoms with Crippen LogP contribution in [0, 0.1) is 5.92 Å². The number of nitrogens with two attached hydrogens (primary N) is 1. The molecular weight excluding hydrogens is 366 g/mol. The third-order valence-electron chi connectivity index (χ3n) is 3.87. The Morgan fingerprint density at radius 3 is 2.26 bits per heavy atom. The van der Waals surface area contributed by atoms with Crippen LogP contribution in [0.2, 0.25) is 0 Å². The maximum absolute atomic E-state index is 12.3. The third kappa shape index (κ3) is 5.00. The van der Waals surface area contributed by atoms with E-state index in [0.29, 0.717) is 11.0 Å². The van der Waals surface area contributed by atoms with Gasteiger partial charge in [-0.1, -0.05) is 25.6 Å². The number of thioether (sulfide) groups is 1. The standard InChI is InChI=1S/C18H25N5O3S/c1-10(2)14(16(24)20-17(19)25)27-18-22-21-15(23(18)11(3)4)12-6-8-13(26-5)9-7-12/h6-11,14H,1-5H3,(H3,19,20,24,25)/t14-/m0/s1. The summed E-state index contributed by atoms with van der Waals surface area (Å²) in [4.78, 5) is 23.4. The molecule has 3 N–H and O–H groups in total. The predicted molar refractivity (Wildman–Crippen MR) is 105 cm³/mol. The van der Waals surface area contributed by atoms with E-state index >= 15 is 0 Å². The van der Waals surface area contributed by atoms with E-state index in [4.69, 9.17) is 10.5 Å². The number of hydrogen-bond acceptors (Lipinski definition) is 6. The van der Waals surface area contributed by atoms with Crippen LogP contribution in [0.15, 0.2) is 29.4 Å². The Kier molecular flexibility index (Phi) is 6.84. The quantitative estimate of drug-likeness (QED) is 0.702. The second kappa shape index (κ2) is 8.90. The van der Waals surface area contributed by atoms with Crippen LogP contribution in [0.1, 0.15) is 33.7 Å². The highest BCUT2D eigenvalue weighted by atomic mass is 32.2. The van der Waals surface area contributed by atoms with Crippen molar-refractivity contribution in [1.82, 2.24) is 20.1 Å². The Hall–Kier alpha value is -2.55. The topological polar surface area (TPSA) is 112 Å². The summed E-state index contributed by atoms with van der Waals surface area (Å²) in [5.41, 5.74) is 5.98. The van der Waals surface area contributed by atoms with Gasteiger partial charge < -0.3 is 10.5 Å². The number of rotatable bonds is 7. The van der Waals surface area contributed by atoms with Gasteiger partial charge in [0.1, 0.15) is 5.75 Å². The first kappa shape index (κ1) is 20.8. The van der Waals surface area contributed by atoms with E-state index in [-0.39, 0.29) is 12.0 Å². The number of nitrogens with one attached hydrogen (secondary N) is 1. The number of carbonyl (C=O) groups excluding carboxylic acids is 2. The number of amides is 3. The summed E-state index contributed by atoms with van der Waals surface area (Å²) in [6.07, 6.45) is 0. The smallest absolute Gasteiger partial charge is 0.318 e. The fourth-order valence-corrected chi connectivity index (χ4v) is 3.72. The minimum Gasteiger partial charge on any atom is -0.497 e. The minimum absolute atomic E-state index is 0.0314. The zero-order valence-corrected chi connectivity index (χ0v) is 16.9. The number of urea groups is 1. The van der Waals surface area contributed by atoms with Crippen molar-refractivity contribution in [3.8, 4) is 17.1 Å². The second-order valence-electron chi connectivity index (χ2n) is 6.63. The minimum atomic E-state index is -0.865. The molecule has 0 aliphatic rings. The molecule has 146 valence electrons. The number of nitrogens with zero attached hydrogens (tertiary/aromatic N) is 3. The van der Waals surface area contributed by atoms with Gasteiger partial charge >= 0.3 is 6.03 Å². The molecule has 2 rings (SSSR count). The maximum atomic E-state index is 12.3. The highest BCUT2D eigenvalue weighted by Gasteiger charge is 2.28. The van der Waals surface area contributed by atoms with E-state index in [1.807, 2.05) is 56.5 Å². The van der Waals surface area contributed by atoms with Crippen LogP contribution in [0.25, 0.3) is 11.4 Å². The lowest BCUT2D eigenvalue weighted by molar-refractivity contribution is -0.120. The van der Waals surface area contributed by atoms with Gasteiger partial charge in [-0.15, -0.1) is 10.2 Å². The molecule has 8 nitrogen and oxygen atoms in total. The van der Waals surface area contributed by atoms with E-state index in [2.05, 4.69) is 15.5 Å². The molecule has 0 aliphatic carbocycles. The van der Waals surface area contributed by atoms with Gasteiger partial charge in [0.25, 0.3) is 0 Å². The summed E-state index contributed by atoms with van der Waals surface area (Å²) in [6, 6.07) is 6.76. The number of aromatic nitrogens is 3. The Morgan fingerprint density at radius 2 is 1.78 bits per heavy atom.